The second kappa shape index (κ2) is 10.8. The predicted octanol–water partition coefficient (Wildman–Crippen LogP) is 2.64. The topological polar surface area (TPSA) is 96.0 Å². The van der Waals surface area contributed by atoms with Crippen LogP contribution in [-0.2, 0) is 32.3 Å². The van der Waals surface area contributed by atoms with E-state index >= 15 is 0 Å². The number of hydrogen-bond donors (Lipinski definition) is 1. The van der Waals surface area contributed by atoms with Crippen molar-refractivity contribution in [1.82, 2.24) is 10.2 Å². The molecule has 34 heavy (non-hydrogen) atoms. The Morgan fingerprint density at radius 2 is 1.74 bits per heavy atom. The zero-order valence-corrected chi connectivity index (χ0v) is 19.9. The minimum Gasteiger partial charge on any atom is -0.497 e. The van der Waals surface area contributed by atoms with Crippen LogP contribution in [0.25, 0.3) is 0 Å². The standard InChI is InChI=1S/C22H26F3N3O5S/c1-15(21(30)26-2)27(13-16-8-10-19(33-3)11-9-16)20(29)14-28(34(4,31)32)18-7-5-6-17(12-18)22(23,24)25/h5-12,15H,13-14H2,1-4H3,(H,26,30)/t15-/m1/s1. The number of alkyl halides is 3. The van der Waals surface area contributed by atoms with Crippen molar-refractivity contribution in [1.29, 1.82) is 0 Å². The molecule has 0 saturated heterocycles. The number of benzene rings is 2. The summed E-state index contributed by atoms with van der Waals surface area (Å²) in [6.07, 6.45) is -3.91. The van der Waals surface area contributed by atoms with Crippen molar-refractivity contribution < 1.29 is 35.9 Å². The molecule has 2 aromatic rings. The fraction of sp³-hybridized carbons (Fsp3) is 0.364. The van der Waals surface area contributed by atoms with Gasteiger partial charge in [0.15, 0.2) is 0 Å². The minimum absolute atomic E-state index is 0.0440. The second-order valence-corrected chi connectivity index (χ2v) is 9.38. The number of methoxy groups -OCH3 is 1. The van der Waals surface area contributed by atoms with Crippen molar-refractivity contribution in [2.75, 3.05) is 31.3 Å². The molecule has 8 nitrogen and oxygen atoms in total. The van der Waals surface area contributed by atoms with E-state index in [1.165, 1.54) is 27.1 Å². The van der Waals surface area contributed by atoms with Crippen LogP contribution < -0.4 is 14.4 Å². The van der Waals surface area contributed by atoms with Crippen LogP contribution in [0.3, 0.4) is 0 Å². The van der Waals surface area contributed by atoms with E-state index in [-0.39, 0.29) is 12.2 Å². The molecule has 0 saturated carbocycles. The smallest absolute Gasteiger partial charge is 0.416 e. The molecule has 1 N–H and O–H groups in total. The Bertz CT molecular complexity index is 1120. The number of anilines is 1. The van der Waals surface area contributed by atoms with Crippen LogP contribution in [0.2, 0.25) is 0 Å². The number of hydrogen-bond acceptors (Lipinski definition) is 5. The summed E-state index contributed by atoms with van der Waals surface area (Å²) < 4.78 is 70.0. The number of likely N-dealkylation sites (N-methyl/N-ethyl adjacent to an activating group) is 1. The van der Waals surface area contributed by atoms with E-state index < -0.39 is 46.2 Å². The van der Waals surface area contributed by atoms with Gasteiger partial charge in [-0.1, -0.05) is 18.2 Å². The van der Waals surface area contributed by atoms with Gasteiger partial charge in [-0.3, -0.25) is 13.9 Å². The number of carbonyl (C=O) groups excluding carboxylic acids is 2. The van der Waals surface area contributed by atoms with Gasteiger partial charge in [0.05, 0.1) is 24.6 Å². The van der Waals surface area contributed by atoms with Gasteiger partial charge in [0, 0.05) is 13.6 Å². The summed E-state index contributed by atoms with van der Waals surface area (Å²) in [4.78, 5) is 26.7. The number of halogens is 3. The van der Waals surface area contributed by atoms with Gasteiger partial charge in [-0.05, 0) is 42.8 Å². The fourth-order valence-corrected chi connectivity index (χ4v) is 4.01. The lowest BCUT2D eigenvalue weighted by Gasteiger charge is -2.31. The highest BCUT2D eigenvalue weighted by Gasteiger charge is 2.33. The number of carbonyl (C=O) groups is 2. The maximum Gasteiger partial charge on any atom is 0.416 e. The normalized spacial score (nSPS) is 12.6. The molecule has 0 aliphatic heterocycles. The minimum atomic E-state index is -4.70. The molecule has 12 heteroatoms. The first kappa shape index (κ1) is 27.0. The van der Waals surface area contributed by atoms with Gasteiger partial charge in [-0.15, -0.1) is 0 Å². The van der Waals surface area contributed by atoms with E-state index in [1.807, 2.05) is 0 Å². The Balaban J connectivity index is 2.42. The summed E-state index contributed by atoms with van der Waals surface area (Å²) in [7, 11) is -1.26. The number of nitrogens with one attached hydrogen (secondary N) is 1. The summed E-state index contributed by atoms with van der Waals surface area (Å²) in [5.74, 6) is -0.685. The number of sulfonamides is 1. The van der Waals surface area contributed by atoms with Crippen molar-refractivity contribution >= 4 is 27.5 Å². The molecule has 0 aliphatic rings. The van der Waals surface area contributed by atoms with Crippen LogP contribution in [0.4, 0.5) is 18.9 Å². The Labute approximate surface area is 196 Å². The lowest BCUT2D eigenvalue weighted by Crippen LogP contribution is -2.50. The molecule has 0 heterocycles. The van der Waals surface area contributed by atoms with Gasteiger partial charge in [-0.25, -0.2) is 8.42 Å². The lowest BCUT2D eigenvalue weighted by molar-refractivity contribution is -0.139. The van der Waals surface area contributed by atoms with Crippen molar-refractivity contribution in [2.24, 2.45) is 0 Å². The molecular weight excluding hydrogens is 475 g/mol. The Kier molecular flexibility index (Phi) is 8.54. The number of nitrogens with zero attached hydrogens (tertiary/aromatic N) is 2. The third-order valence-corrected chi connectivity index (χ3v) is 6.21. The van der Waals surface area contributed by atoms with Gasteiger partial charge in [0.2, 0.25) is 21.8 Å². The van der Waals surface area contributed by atoms with Crippen LogP contribution in [-0.4, -0.2) is 58.1 Å². The third kappa shape index (κ3) is 6.86. The molecule has 0 aromatic heterocycles. The van der Waals surface area contributed by atoms with Crippen molar-refractivity contribution in [2.45, 2.75) is 25.7 Å². The average molecular weight is 502 g/mol. The molecule has 0 aliphatic carbocycles. The molecule has 2 amide bonds. The van der Waals surface area contributed by atoms with Gasteiger partial charge in [-0.2, -0.15) is 13.2 Å². The monoisotopic (exact) mass is 501 g/mol. The molecule has 0 bridgehead atoms. The summed E-state index contributed by atoms with van der Waals surface area (Å²) in [6.45, 7) is 0.630. The lowest BCUT2D eigenvalue weighted by atomic mass is 10.1. The fourth-order valence-electron chi connectivity index (χ4n) is 3.17. The maximum absolute atomic E-state index is 13.2. The van der Waals surface area contributed by atoms with Crippen molar-refractivity contribution in [3.05, 3.63) is 59.7 Å². The molecular formula is C22H26F3N3O5S. The SMILES string of the molecule is CNC(=O)[C@@H](C)N(Cc1ccc(OC)cc1)C(=O)CN(c1cccc(C(F)(F)F)c1)S(C)(=O)=O. The second-order valence-electron chi connectivity index (χ2n) is 7.48. The summed E-state index contributed by atoms with van der Waals surface area (Å²) in [6, 6.07) is 9.38. The van der Waals surface area contributed by atoms with Crippen molar-refractivity contribution in [3.63, 3.8) is 0 Å². The highest BCUT2D eigenvalue weighted by Crippen LogP contribution is 2.32. The van der Waals surface area contributed by atoms with Gasteiger partial charge in [0.25, 0.3) is 0 Å². The van der Waals surface area contributed by atoms with E-state index in [1.54, 1.807) is 24.3 Å². The highest BCUT2D eigenvalue weighted by atomic mass is 32.2. The molecule has 0 radical (unpaired) electrons. The average Bonchev–Trinajstić information content (AvgIpc) is 2.79. The summed E-state index contributed by atoms with van der Waals surface area (Å²) in [5, 5.41) is 2.43. The van der Waals surface area contributed by atoms with Gasteiger partial charge in [0.1, 0.15) is 18.3 Å². The van der Waals surface area contributed by atoms with Crippen LogP contribution in [0.1, 0.15) is 18.1 Å². The first-order valence-corrected chi connectivity index (χ1v) is 11.9. The number of rotatable bonds is 9. The van der Waals surface area contributed by atoms with E-state index in [4.69, 9.17) is 4.74 Å². The molecule has 2 rings (SSSR count). The Morgan fingerprint density at radius 1 is 1.12 bits per heavy atom. The predicted molar refractivity (Wildman–Crippen MR) is 121 cm³/mol. The van der Waals surface area contributed by atoms with E-state index in [2.05, 4.69) is 5.32 Å². The quantitative estimate of drug-likeness (QED) is 0.570. The van der Waals surface area contributed by atoms with E-state index in [0.717, 1.165) is 23.3 Å². The largest absolute Gasteiger partial charge is 0.497 e. The first-order valence-electron chi connectivity index (χ1n) is 10.1. The van der Waals surface area contributed by atoms with E-state index in [0.29, 0.717) is 21.7 Å². The van der Waals surface area contributed by atoms with Gasteiger partial charge < -0.3 is 15.0 Å². The van der Waals surface area contributed by atoms with E-state index in [9.17, 15) is 31.2 Å². The molecule has 0 fully saturated rings. The summed E-state index contributed by atoms with van der Waals surface area (Å²) >= 11 is 0. The molecule has 2 aromatic carbocycles. The zero-order valence-electron chi connectivity index (χ0n) is 19.1. The maximum atomic E-state index is 13.2. The summed E-state index contributed by atoms with van der Waals surface area (Å²) in [5.41, 5.74) is -0.738. The molecule has 1 atom stereocenters. The Morgan fingerprint density at radius 3 is 2.24 bits per heavy atom. The highest BCUT2D eigenvalue weighted by molar-refractivity contribution is 7.92. The molecule has 0 unspecified atom stereocenters. The van der Waals surface area contributed by atoms with Crippen LogP contribution >= 0.6 is 0 Å². The first-order chi connectivity index (χ1) is 15.8. The Hall–Kier alpha value is -3.28. The zero-order chi connectivity index (χ0) is 25.7. The molecule has 0 spiro atoms. The number of amides is 2. The number of ether oxygens (including phenoxy) is 1. The van der Waals surface area contributed by atoms with Crippen LogP contribution in [0, 0.1) is 0 Å². The van der Waals surface area contributed by atoms with Crippen LogP contribution in [0.5, 0.6) is 5.75 Å². The van der Waals surface area contributed by atoms with Gasteiger partial charge >= 0.3 is 6.18 Å². The molecule has 186 valence electrons. The van der Waals surface area contributed by atoms with Crippen LogP contribution in [0.15, 0.2) is 48.5 Å². The van der Waals surface area contributed by atoms with Crippen molar-refractivity contribution in [3.8, 4) is 5.75 Å². The third-order valence-electron chi connectivity index (χ3n) is 5.07.